The smallest absolute Gasteiger partial charge is 0.228 e. The standard InChI is InChI=1S/C15H26N4O/c1-5-12-10-19(13(6-2)9-17-12)15-16-8-7-14(18-15)20-11(3)4/h7-8,11-13,17H,5-6,9-10H2,1-4H3. The third-order valence-electron chi connectivity index (χ3n) is 3.69. The van der Waals surface area contributed by atoms with Crippen molar-refractivity contribution in [3.63, 3.8) is 0 Å². The van der Waals surface area contributed by atoms with Crippen molar-refractivity contribution in [1.82, 2.24) is 15.3 Å². The molecule has 2 atom stereocenters. The van der Waals surface area contributed by atoms with Crippen LogP contribution in [0.5, 0.6) is 5.88 Å². The number of nitrogens with one attached hydrogen (secondary N) is 1. The minimum atomic E-state index is 0.131. The van der Waals surface area contributed by atoms with E-state index >= 15 is 0 Å². The van der Waals surface area contributed by atoms with E-state index in [-0.39, 0.29) is 6.10 Å². The molecule has 1 N–H and O–H groups in total. The van der Waals surface area contributed by atoms with Gasteiger partial charge in [0.2, 0.25) is 11.8 Å². The highest BCUT2D eigenvalue weighted by Gasteiger charge is 2.27. The summed E-state index contributed by atoms with van der Waals surface area (Å²) >= 11 is 0. The molecule has 5 nitrogen and oxygen atoms in total. The SMILES string of the molecule is CCC1CN(c2nccc(OC(C)C)n2)C(CC)CN1. The van der Waals surface area contributed by atoms with E-state index in [9.17, 15) is 0 Å². The lowest BCUT2D eigenvalue weighted by Gasteiger charge is -2.40. The van der Waals surface area contributed by atoms with E-state index in [2.05, 4.69) is 34.0 Å². The summed E-state index contributed by atoms with van der Waals surface area (Å²) in [5.74, 6) is 1.45. The number of hydrogen-bond donors (Lipinski definition) is 1. The van der Waals surface area contributed by atoms with Crippen molar-refractivity contribution in [2.75, 3.05) is 18.0 Å². The molecule has 1 saturated heterocycles. The molecule has 1 aliphatic heterocycles. The molecule has 0 amide bonds. The van der Waals surface area contributed by atoms with Gasteiger partial charge in [0.15, 0.2) is 0 Å². The molecule has 1 fully saturated rings. The number of hydrogen-bond acceptors (Lipinski definition) is 5. The molecular weight excluding hydrogens is 252 g/mol. The molecule has 1 aromatic heterocycles. The van der Waals surface area contributed by atoms with E-state index in [1.165, 1.54) is 0 Å². The lowest BCUT2D eigenvalue weighted by molar-refractivity contribution is 0.232. The zero-order valence-corrected chi connectivity index (χ0v) is 13.0. The van der Waals surface area contributed by atoms with Crippen molar-refractivity contribution >= 4 is 5.95 Å². The van der Waals surface area contributed by atoms with E-state index in [1.807, 2.05) is 19.9 Å². The minimum Gasteiger partial charge on any atom is -0.475 e. The Kier molecular flexibility index (Phi) is 5.17. The molecule has 2 heterocycles. The van der Waals surface area contributed by atoms with Crippen LogP contribution >= 0.6 is 0 Å². The minimum absolute atomic E-state index is 0.131. The molecule has 20 heavy (non-hydrogen) atoms. The van der Waals surface area contributed by atoms with Gasteiger partial charge < -0.3 is 15.0 Å². The molecule has 0 saturated carbocycles. The van der Waals surface area contributed by atoms with Gasteiger partial charge >= 0.3 is 0 Å². The molecule has 2 unspecified atom stereocenters. The van der Waals surface area contributed by atoms with Crippen molar-refractivity contribution in [2.24, 2.45) is 0 Å². The van der Waals surface area contributed by atoms with Gasteiger partial charge in [-0.3, -0.25) is 0 Å². The first-order valence-electron chi connectivity index (χ1n) is 7.63. The number of ether oxygens (including phenoxy) is 1. The fraction of sp³-hybridized carbons (Fsp3) is 0.733. The number of nitrogens with zero attached hydrogens (tertiary/aromatic N) is 3. The summed E-state index contributed by atoms with van der Waals surface area (Å²) in [6, 6.07) is 2.78. The zero-order chi connectivity index (χ0) is 14.5. The molecule has 0 bridgehead atoms. The van der Waals surface area contributed by atoms with Crippen molar-refractivity contribution in [3.8, 4) is 5.88 Å². The summed E-state index contributed by atoms with van der Waals surface area (Å²) in [4.78, 5) is 11.3. The molecule has 1 aliphatic rings. The highest BCUT2D eigenvalue weighted by molar-refractivity contribution is 5.35. The Morgan fingerprint density at radius 3 is 2.85 bits per heavy atom. The first kappa shape index (κ1) is 15.0. The van der Waals surface area contributed by atoms with Crippen LogP contribution in [-0.2, 0) is 0 Å². The maximum Gasteiger partial charge on any atom is 0.228 e. The van der Waals surface area contributed by atoms with Crippen LogP contribution in [0, 0.1) is 0 Å². The summed E-state index contributed by atoms with van der Waals surface area (Å²) in [6.45, 7) is 10.4. The Morgan fingerprint density at radius 1 is 1.40 bits per heavy atom. The second-order valence-corrected chi connectivity index (χ2v) is 5.59. The Balaban J connectivity index is 2.18. The zero-order valence-electron chi connectivity index (χ0n) is 13.0. The molecule has 1 aromatic rings. The summed E-state index contributed by atoms with van der Waals surface area (Å²) < 4.78 is 5.67. The fourth-order valence-corrected chi connectivity index (χ4v) is 2.52. The molecule has 5 heteroatoms. The Morgan fingerprint density at radius 2 is 2.20 bits per heavy atom. The number of anilines is 1. The molecule has 0 aliphatic carbocycles. The first-order chi connectivity index (χ1) is 9.63. The summed E-state index contributed by atoms with van der Waals surface area (Å²) in [6.07, 6.45) is 4.12. The van der Waals surface area contributed by atoms with E-state index in [0.29, 0.717) is 18.0 Å². The van der Waals surface area contributed by atoms with Crippen molar-refractivity contribution < 1.29 is 4.74 Å². The maximum atomic E-state index is 5.67. The summed E-state index contributed by atoms with van der Waals surface area (Å²) in [7, 11) is 0. The van der Waals surface area contributed by atoms with Crippen molar-refractivity contribution in [2.45, 2.75) is 58.7 Å². The third-order valence-corrected chi connectivity index (χ3v) is 3.69. The fourth-order valence-electron chi connectivity index (χ4n) is 2.52. The van der Waals surface area contributed by atoms with Gasteiger partial charge in [-0.15, -0.1) is 0 Å². The van der Waals surface area contributed by atoms with Gasteiger partial charge in [-0.25, -0.2) is 4.98 Å². The van der Waals surface area contributed by atoms with Crippen molar-refractivity contribution in [1.29, 1.82) is 0 Å². The van der Waals surface area contributed by atoms with Crippen LogP contribution in [0.1, 0.15) is 40.5 Å². The van der Waals surface area contributed by atoms with Gasteiger partial charge in [-0.1, -0.05) is 13.8 Å². The number of piperazine rings is 1. The topological polar surface area (TPSA) is 50.3 Å². The van der Waals surface area contributed by atoms with Gasteiger partial charge in [0, 0.05) is 37.4 Å². The maximum absolute atomic E-state index is 5.67. The largest absolute Gasteiger partial charge is 0.475 e. The van der Waals surface area contributed by atoms with Crippen LogP contribution in [0.15, 0.2) is 12.3 Å². The van der Waals surface area contributed by atoms with Crippen LogP contribution in [0.2, 0.25) is 0 Å². The lowest BCUT2D eigenvalue weighted by atomic mass is 10.1. The normalized spacial score (nSPS) is 23.1. The van der Waals surface area contributed by atoms with Crippen LogP contribution in [0.3, 0.4) is 0 Å². The molecule has 0 aromatic carbocycles. The Hall–Kier alpha value is -1.36. The predicted octanol–water partition coefficient (Wildman–Crippen LogP) is 2.23. The van der Waals surface area contributed by atoms with Crippen molar-refractivity contribution in [3.05, 3.63) is 12.3 Å². The average Bonchev–Trinajstić information content (AvgIpc) is 2.46. The van der Waals surface area contributed by atoms with E-state index in [0.717, 1.165) is 31.9 Å². The second kappa shape index (κ2) is 6.88. The van der Waals surface area contributed by atoms with Gasteiger partial charge in [-0.05, 0) is 26.7 Å². The predicted molar refractivity (Wildman–Crippen MR) is 81.3 cm³/mol. The van der Waals surface area contributed by atoms with E-state index < -0.39 is 0 Å². The molecule has 0 spiro atoms. The van der Waals surface area contributed by atoms with Crippen LogP contribution in [-0.4, -0.2) is 41.2 Å². The highest BCUT2D eigenvalue weighted by Crippen LogP contribution is 2.20. The van der Waals surface area contributed by atoms with E-state index in [4.69, 9.17) is 4.74 Å². The molecule has 112 valence electrons. The quantitative estimate of drug-likeness (QED) is 0.895. The lowest BCUT2D eigenvalue weighted by Crippen LogP contribution is -2.56. The van der Waals surface area contributed by atoms with Gasteiger partial charge in [0.05, 0.1) is 6.10 Å². The summed E-state index contributed by atoms with van der Waals surface area (Å²) in [5.41, 5.74) is 0. The van der Waals surface area contributed by atoms with Crippen LogP contribution in [0.4, 0.5) is 5.95 Å². The van der Waals surface area contributed by atoms with E-state index in [1.54, 1.807) is 6.20 Å². The monoisotopic (exact) mass is 278 g/mol. The second-order valence-electron chi connectivity index (χ2n) is 5.59. The Bertz CT molecular complexity index is 424. The van der Waals surface area contributed by atoms with Gasteiger partial charge in [0.1, 0.15) is 0 Å². The van der Waals surface area contributed by atoms with Crippen LogP contribution in [0.25, 0.3) is 0 Å². The molecular formula is C15H26N4O. The third kappa shape index (κ3) is 3.60. The number of aromatic nitrogens is 2. The molecule has 2 rings (SSSR count). The van der Waals surface area contributed by atoms with Gasteiger partial charge in [0.25, 0.3) is 0 Å². The average molecular weight is 278 g/mol. The van der Waals surface area contributed by atoms with Gasteiger partial charge in [-0.2, -0.15) is 4.98 Å². The first-order valence-corrected chi connectivity index (χ1v) is 7.63. The number of rotatable bonds is 5. The summed E-state index contributed by atoms with van der Waals surface area (Å²) in [5, 5.41) is 3.59. The van der Waals surface area contributed by atoms with Crippen LogP contribution < -0.4 is 15.0 Å². The Labute approximate surface area is 121 Å². The highest BCUT2D eigenvalue weighted by atomic mass is 16.5. The molecule has 0 radical (unpaired) electrons.